The summed E-state index contributed by atoms with van der Waals surface area (Å²) in [5.74, 6) is -8.49. The summed E-state index contributed by atoms with van der Waals surface area (Å²) in [5.41, 5.74) is -3.38. The predicted octanol–water partition coefficient (Wildman–Crippen LogP) is 17.6. The van der Waals surface area contributed by atoms with E-state index in [1.54, 1.807) is 32.2 Å². The Morgan fingerprint density at radius 2 is 0.814 bits per heavy atom. The summed E-state index contributed by atoms with van der Waals surface area (Å²) in [6, 6.07) is 0.297. The van der Waals surface area contributed by atoms with Gasteiger partial charge in [0.05, 0.1) is 13.6 Å². The standard InChI is InChI=1S/C36H76B.C13H13F8N/c1-9-17-21-33(13-5)25-29-37(30-26-34(14-6)22-18-10-2,31-27-35(15-7)23-19-11-3)32-28-36(16-8)24-20-12-4;1-3-4-5-22(2)8-6-7(14)10(15)9(11(8)16)12(17,18)13(19,20)21/h33-36H,9-32H2,1-8H3;6H,3-5H2,1-2H3/q-1;/p+1. The Hall–Kier alpha value is -1.32. The lowest BCUT2D eigenvalue weighted by atomic mass is 9.16. The third kappa shape index (κ3) is 21.1. The Bertz CT molecular complexity index is 1110. The van der Waals surface area contributed by atoms with Crippen molar-refractivity contribution in [1.82, 2.24) is 0 Å². The van der Waals surface area contributed by atoms with E-state index in [9.17, 15) is 35.1 Å². The number of hydrogen-bond donors (Lipinski definition) is 1. The summed E-state index contributed by atoms with van der Waals surface area (Å²) in [4.78, 5) is 0.0671. The second-order valence-corrected chi connectivity index (χ2v) is 18.6. The van der Waals surface area contributed by atoms with Crippen molar-refractivity contribution in [2.75, 3.05) is 13.6 Å². The quantitative estimate of drug-likeness (QED) is 0.0408. The summed E-state index contributed by atoms with van der Waals surface area (Å²) in [6.45, 7) is 21.4. The maximum atomic E-state index is 14.0. The molecule has 1 nitrogen and oxygen atoms in total. The number of benzene rings is 1. The molecule has 0 aromatic heterocycles. The molecule has 0 amide bonds. The van der Waals surface area contributed by atoms with E-state index in [1.165, 1.54) is 135 Å². The monoisotopic (exact) mass is 856 g/mol. The van der Waals surface area contributed by atoms with Crippen LogP contribution in [-0.2, 0) is 5.92 Å². The molecule has 0 aliphatic heterocycles. The van der Waals surface area contributed by atoms with Gasteiger partial charge < -0.3 is 4.90 Å². The molecule has 0 spiro atoms. The molecule has 5 unspecified atom stereocenters. The fourth-order valence-corrected chi connectivity index (χ4v) is 9.31. The molecule has 1 rings (SSSR count). The van der Waals surface area contributed by atoms with E-state index < -0.39 is 40.8 Å². The molecule has 1 aromatic carbocycles. The first-order valence-electron chi connectivity index (χ1n) is 24.6. The molecule has 0 bridgehead atoms. The highest BCUT2D eigenvalue weighted by molar-refractivity contribution is 6.79. The summed E-state index contributed by atoms with van der Waals surface area (Å²) in [5, 5.41) is 0. The molecule has 1 N–H and O–H groups in total. The van der Waals surface area contributed by atoms with Crippen LogP contribution in [0.4, 0.5) is 40.8 Å². The van der Waals surface area contributed by atoms with Crippen molar-refractivity contribution in [1.29, 1.82) is 0 Å². The molecule has 0 aliphatic rings. The lowest BCUT2D eigenvalue weighted by Crippen LogP contribution is -3.04. The Kier molecular flexibility index (Phi) is 30.8. The van der Waals surface area contributed by atoms with Gasteiger partial charge in [0.2, 0.25) is 0 Å². The molecule has 10 heteroatoms. The van der Waals surface area contributed by atoms with E-state index >= 15 is 0 Å². The molecule has 0 heterocycles. The maximum absolute atomic E-state index is 14.0. The van der Waals surface area contributed by atoms with Crippen LogP contribution in [0.2, 0.25) is 25.3 Å². The van der Waals surface area contributed by atoms with Gasteiger partial charge in [-0.2, -0.15) is 51.6 Å². The van der Waals surface area contributed by atoms with Crippen molar-refractivity contribution in [2.24, 2.45) is 23.7 Å². The topological polar surface area (TPSA) is 4.44 Å². The summed E-state index contributed by atoms with van der Waals surface area (Å²) in [7, 11) is 1.26. The number of hydrogen-bond acceptors (Lipinski definition) is 0. The maximum Gasteiger partial charge on any atom is 0.458 e. The highest BCUT2D eigenvalue weighted by atomic mass is 19.4. The van der Waals surface area contributed by atoms with Gasteiger partial charge in [-0.25, -0.2) is 8.78 Å². The van der Waals surface area contributed by atoms with Crippen molar-refractivity contribution >= 4 is 11.8 Å². The summed E-state index contributed by atoms with van der Waals surface area (Å²) < 4.78 is 104. The van der Waals surface area contributed by atoms with Gasteiger partial charge >= 0.3 is 12.1 Å². The zero-order valence-corrected chi connectivity index (χ0v) is 39.6. The van der Waals surface area contributed by atoms with Crippen LogP contribution in [0.5, 0.6) is 0 Å². The van der Waals surface area contributed by atoms with Crippen LogP contribution in [0.25, 0.3) is 0 Å². The van der Waals surface area contributed by atoms with E-state index in [1.807, 2.05) is 0 Å². The second kappa shape index (κ2) is 31.5. The van der Waals surface area contributed by atoms with Crippen LogP contribution in [0.3, 0.4) is 0 Å². The minimum Gasteiger partial charge on any atom is -0.302 e. The van der Waals surface area contributed by atoms with Gasteiger partial charge in [-0.15, -0.1) is 0 Å². The van der Waals surface area contributed by atoms with Gasteiger partial charge in [0.25, 0.3) is 0 Å². The highest BCUT2D eigenvalue weighted by Crippen LogP contribution is 2.47. The van der Waals surface area contributed by atoms with Crippen molar-refractivity contribution < 1.29 is 40.0 Å². The van der Waals surface area contributed by atoms with Gasteiger partial charge in [0.1, 0.15) is 5.56 Å². The first kappa shape index (κ1) is 57.7. The minimum absolute atomic E-state index is 0.0671. The van der Waals surface area contributed by atoms with E-state index in [0.29, 0.717) is 18.9 Å². The molecule has 0 aliphatic carbocycles. The van der Waals surface area contributed by atoms with Crippen LogP contribution in [0.1, 0.15) is 209 Å². The number of nitrogens with one attached hydrogen (secondary N) is 1. The fourth-order valence-electron chi connectivity index (χ4n) is 9.31. The van der Waals surface area contributed by atoms with Crippen molar-refractivity contribution in [3.63, 3.8) is 0 Å². The molecule has 0 saturated heterocycles. The highest BCUT2D eigenvalue weighted by Gasteiger charge is 2.62. The number of alkyl halides is 5. The summed E-state index contributed by atoms with van der Waals surface area (Å²) >= 11 is 0. The molecule has 5 atom stereocenters. The van der Waals surface area contributed by atoms with Crippen molar-refractivity contribution in [3.05, 3.63) is 29.1 Å². The lowest BCUT2D eigenvalue weighted by molar-refractivity contribution is -0.811. The van der Waals surface area contributed by atoms with Gasteiger partial charge in [-0.05, 0) is 30.1 Å². The van der Waals surface area contributed by atoms with Crippen LogP contribution in [0, 0.1) is 41.1 Å². The number of halogens is 8. The molecular formula is C49H90BF8N. The normalized spacial score (nSPS) is 15.9. The van der Waals surface area contributed by atoms with E-state index in [-0.39, 0.29) is 17.6 Å². The number of rotatable bonds is 33. The predicted molar refractivity (Wildman–Crippen MR) is 239 cm³/mol. The molecule has 59 heavy (non-hydrogen) atoms. The van der Waals surface area contributed by atoms with E-state index in [0.717, 1.165) is 23.7 Å². The van der Waals surface area contributed by atoms with E-state index in [4.69, 9.17) is 0 Å². The Morgan fingerprint density at radius 3 is 1.08 bits per heavy atom. The number of quaternary nitrogens is 1. The zero-order chi connectivity index (χ0) is 45.1. The SMILES string of the molecule is CCCCC(CC)CC[B-](CCC(CC)CCCC)(CCC(CC)CCCC)CCC(CC)CCCC.CCCC[NH+](C)c1cc(F)c(F)c(C(F)(F)C(F)(F)F)c1F. The minimum atomic E-state index is -6.24. The molecule has 0 fully saturated rings. The van der Waals surface area contributed by atoms with Gasteiger partial charge in [0.15, 0.2) is 23.1 Å². The second-order valence-electron chi connectivity index (χ2n) is 18.6. The summed E-state index contributed by atoms with van der Waals surface area (Å²) in [6.07, 6.45) is 29.9. The third-order valence-electron chi connectivity index (χ3n) is 14.1. The van der Waals surface area contributed by atoms with Crippen LogP contribution in [-0.4, -0.2) is 25.9 Å². The molecule has 350 valence electrons. The average Bonchev–Trinajstić information content (AvgIpc) is 3.21. The molecular weight excluding hydrogens is 765 g/mol. The average molecular weight is 856 g/mol. The largest absolute Gasteiger partial charge is 0.458 e. The van der Waals surface area contributed by atoms with E-state index in [2.05, 4.69) is 55.4 Å². The van der Waals surface area contributed by atoms with Crippen molar-refractivity contribution in [3.8, 4) is 0 Å². The first-order chi connectivity index (χ1) is 27.9. The molecule has 0 saturated carbocycles. The Labute approximate surface area is 358 Å². The zero-order valence-electron chi connectivity index (χ0n) is 39.6. The first-order valence-corrected chi connectivity index (χ1v) is 24.6. The molecule has 1 aromatic rings. The van der Waals surface area contributed by atoms with Crippen LogP contribution in [0.15, 0.2) is 6.07 Å². The Morgan fingerprint density at radius 1 is 0.492 bits per heavy atom. The van der Waals surface area contributed by atoms with Gasteiger partial charge in [-0.3, -0.25) is 0 Å². The third-order valence-corrected chi connectivity index (χ3v) is 14.1. The number of unbranched alkanes of at least 4 members (excludes halogenated alkanes) is 5. The van der Waals surface area contributed by atoms with Gasteiger partial charge in [0, 0.05) is 12.2 Å². The van der Waals surface area contributed by atoms with Crippen LogP contribution >= 0.6 is 0 Å². The lowest BCUT2D eigenvalue weighted by Gasteiger charge is -2.44. The van der Waals surface area contributed by atoms with Crippen LogP contribution < -0.4 is 4.90 Å². The molecule has 0 radical (unpaired) electrons. The smallest absolute Gasteiger partial charge is 0.302 e. The Balaban J connectivity index is 0.00000129. The van der Waals surface area contributed by atoms with Gasteiger partial charge in [-0.1, -0.05) is 197 Å². The fraction of sp³-hybridized carbons (Fsp3) is 0.878. The van der Waals surface area contributed by atoms with Crippen molar-refractivity contribution in [2.45, 2.75) is 241 Å².